The van der Waals surface area contributed by atoms with E-state index in [0.29, 0.717) is 18.0 Å². The Hall–Kier alpha value is -2.35. The molecule has 0 N–H and O–H groups in total. The van der Waals surface area contributed by atoms with Gasteiger partial charge in [0.15, 0.2) is 0 Å². The highest BCUT2D eigenvalue weighted by Gasteiger charge is 2.40. The number of ether oxygens (including phenoxy) is 1. The first kappa shape index (κ1) is 25.3. The van der Waals surface area contributed by atoms with E-state index in [9.17, 15) is 13.2 Å². The number of nitrogens with zero attached hydrogens (tertiary/aromatic N) is 2. The molecule has 36 heavy (non-hydrogen) atoms. The summed E-state index contributed by atoms with van der Waals surface area (Å²) in [6.45, 7) is 3.95. The Kier molecular flexibility index (Phi) is 7.70. The van der Waals surface area contributed by atoms with Crippen molar-refractivity contribution in [1.82, 2.24) is 9.80 Å². The topological polar surface area (TPSA) is 15.7 Å². The zero-order chi connectivity index (χ0) is 25.1. The minimum Gasteiger partial charge on any atom is -0.406 e. The van der Waals surface area contributed by atoms with Crippen LogP contribution in [-0.2, 0) is 6.54 Å². The summed E-state index contributed by atoms with van der Waals surface area (Å²) in [5.41, 5.74) is 3.77. The number of hydrogen-bond acceptors (Lipinski definition) is 3. The van der Waals surface area contributed by atoms with Gasteiger partial charge in [-0.1, -0.05) is 76.6 Å². The van der Waals surface area contributed by atoms with Gasteiger partial charge in [-0.3, -0.25) is 4.90 Å². The molecule has 0 bridgehead atoms. The van der Waals surface area contributed by atoms with Crippen molar-refractivity contribution in [3.05, 3.63) is 100 Å². The van der Waals surface area contributed by atoms with Crippen LogP contribution in [0.15, 0.2) is 83.3 Å². The van der Waals surface area contributed by atoms with E-state index in [1.165, 1.54) is 23.3 Å². The van der Waals surface area contributed by atoms with Gasteiger partial charge < -0.3 is 9.64 Å². The molecule has 5 rings (SSSR count). The maximum Gasteiger partial charge on any atom is 0.573 e. The Labute approximate surface area is 219 Å². The first-order valence-electron chi connectivity index (χ1n) is 12.5. The molecule has 2 saturated heterocycles. The van der Waals surface area contributed by atoms with Crippen molar-refractivity contribution in [3.8, 4) is 5.75 Å². The van der Waals surface area contributed by atoms with E-state index >= 15 is 0 Å². The van der Waals surface area contributed by atoms with Crippen molar-refractivity contribution in [2.75, 3.05) is 19.6 Å². The second-order valence-corrected chi connectivity index (χ2v) is 10.6. The minimum atomic E-state index is -4.65. The van der Waals surface area contributed by atoms with E-state index in [1.54, 1.807) is 12.1 Å². The van der Waals surface area contributed by atoms with Crippen LogP contribution < -0.4 is 4.74 Å². The molecule has 7 heteroatoms. The molecule has 2 heterocycles. The number of halogens is 4. The molecule has 2 atom stereocenters. The first-order valence-corrected chi connectivity index (χ1v) is 13.3. The fraction of sp³-hybridized carbons (Fsp3) is 0.379. The lowest BCUT2D eigenvalue weighted by atomic mass is 9.85. The van der Waals surface area contributed by atoms with Gasteiger partial charge in [0, 0.05) is 29.6 Å². The number of benzene rings is 3. The van der Waals surface area contributed by atoms with Crippen molar-refractivity contribution in [1.29, 1.82) is 0 Å². The van der Waals surface area contributed by atoms with Gasteiger partial charge in [0.2, 0.25) is 0 Å². The maximum absolute atomic E-state index is 12.4. The smallest absolute Gasteiger partial charge is 0.406 e. The average Bonchev–Trinajstić information content (AvgIpc) is 2.86. The molecule has 2 aliphatic heterocycles. The number of piperidine rings is 1. The molecular weight excluding hydrogens is 529 g/mol. The third kappa shape index (κ3) is 6.13. The van der Waals surface area contributed by atoms with Crippen molar-refractivity contribution in [2.45, 2.75) is 50.2 Å². The Morgan fingerprint density at radius 3 is 2.17 bits per heavy atom. The molecular formula is C29H30BrF3N2O. The van der Waals surface area contributed by atoms with Gasteiger partial charge in [-0.15, -0.1) is 13.2 Å². The van der Waals surface area contributed by atoms with E-state index in [1.807, 2.05) is 0 Å². The van der Waals surface area contributed by atoms with E-state index in [-0.39, 0.29) is 5.75 Å². The van der Waals surface area contributed by atoms with Crippen LogP contribution in [0.3, 0.4) is 0 Å². The standard InChI is InChI=1S/C29H30BrF3N2O/c30-27-9-5-4-8-24(27)19-35-25(18-28(35)23-6-2-1-3-7-23)20-34-16-14-22(15-17-34)21-10-12-26(13-11-21)36-29(31,32)33/h1-13,22,25,28H,14-20H2. The highest BCUT2D eigenvalue weighted by molar-refractivity contribution is 9.10. The molecule has 0 amide bonds. The third-order valence-corrected chi connectivity index (χ3v) is 8.28. The summed E-state index contributed by atoms with van der Waals surface area (Å²) in [7, 11) is 0. The lowest BCUT2D eigenvalue weighted by Crippen LogP contribution is -2.55. The van der Waals surface area contributed by atoms with Crippen molar-refractivity contribution in [2.24, 2.45) is 0 Å². The summed E-state index contributed by atoms with van der Waals surface area (Å²) < 4.78 is 42.5. The van der Waals surface area contributed by atoms with E-state index in [2.05, 4.69) is 85.1 Å². The second kappa shape index (κ2) is 11.0. The van der Waals surface area contributed by atoms with E-state index in [0.717, 1.165) is 55.5 Å². The van der Waals surface area contributed by atoms with Gasteiger partial charge >= 0.3 is 6.36 Å². The molecule has 3 aromatic rings. The zero-order valence-corrected chi connectivity index (χ0v) is 21.6. The minimum absolute atomic E-state index is 0.160. The predicted molar refractivity (Wildman–Crippen MR) is 139 cm³/mol. The van der Waals surface area contributed by atoms with E-state index in [4.69, 9.17) is 0 Å². The molecule has 190 valence electrons. The SMILES string of the molecule is FC(F)(F)Oc1ccc(C2CCN(CC3CC(c4ccccc4)N3Cc3ccccc3Br)CC2)cc1. The van der Waals surface area contributed by atoms with Gasteiger partial charge in [-0.2, -0.15) is 0 Å². The van der Waals surface area contributed by atoms with Crippen LogP contribution in [0.4, 0.5) is 13.2 Å². The van der Waals surface area contributed by atoms with Crippen LogP contribution >= 0.6 is 15.9 Å². The van der Waals surface area contributed by atoms with Crippen LogP contribution in [0, 0.1) is 0 Å². The molecule has 0 aromatic heterocycles. The Morgan fingerprint density at radius 2 is 1.50 bits per heavy atom. The van der Waals surface area contributed by atoms with Crippen molar-refractivity contribution < 1.29 is 17.9 Å². The monoisotopic (exact) mass is 558 g/mol. The summed E-state index contributed by atoms with van der Waals surface area (Å²) in [6.07, 6.45) is -1.48. The Bertz CT molecular complexity index is 1130. The summed E-state index contributed by atoms with van der Waals surface area (Å²) in [5, 5.41) is 0. The quantitative estimate of drug-likeness (QED) is 0.298. The number of likely N-dealkylation sites (tertiary alicyclic amines) is 2. The van der Waals surface area contributed by atoms with Crippen LogP contribution in [0.5, 0.6) is 5.75 Å². The van der Waals surface area contributed by atoms with Crippen LogP contribution in [0.25, 0.3) is 0 Å². The number of hydrogen-bond donors (Lipinski definition) is 0. The molecule has 2 fully saturated rings. The summed E-state index contributed by atoms with van der Waals surface area (Å²) >= 11 is 3.72. The van der Waals surface area contributed by atoms with Crippen molar-refractivity contribution in [3.63, 3.8) is 0 Å². The second-order valence-electron chi connectivity index (χ2n) is 9.77. The van der Waals surface area contributed by atoms with Gasteiger partial charge in [-0.25, -0.2) is 0 Å². The molecule has 3 nitrogen and oxygen atoms in total. The highest BCUT2D eigenvalue weighted by atomic mass is 79.9. The third-order valence-electron chi connectivity index (χ3n) is 7.50. The average molecular weight is 559 g/mol. The summed E-state index contributed by atoms with van der Waals surface area (Å²) in [6, 6.07) is 26.5. The lowest BCUT2D eigenvalue weighted by Gasteiger charge is -2.51. The molecule has 0 saturated carbocycles. The molecule has 3 aromatic carbocycles. The summed E-state index contributed by atoms with van der Waals surface area (Å²) in [4.78, 5) is 5.18. The van der Waals surface area contributed by atoms with Gasteiger partial charge in [-0.05, 0) is 73.2 Å². The predicted octanol–water partition coefficient (Wildman–Crippen LogP) is 7.54. The van der Waals surface area contributed by atoms with Gasteiger partial charge in [0.25, 0.3) is 0 Å². The fourth-order valence-electron chi connectivity index (χ4n) is 5.58. The van der Waals surface area contributed by atoms with Crippen LogP contribution in [-0.4, -0.2) is 41.8 Å². The van der Waals surface area contributed by atoms with Crippen LogP contribution in [0.1, 0.15) is 47.9 Å². The number of alkyl halides is 3. The fourth-order valence-corrected chi connectivity index (χ4v) is 5.99. The maximum atomic E-state index is 12.4. The zero-order valence-electron chi connectivity index (χ0n) is 20.0. The molecule has 0 radical (unpaired) electrons. The van der Waals surface area contributed by atoms with Gasteiger partial charge in [0.05, 0.1) is 0 Å². The highest BCUT2D eigenvalue weighted by Crippen LogP contribution is 2.41. The number of rotatable bonds is 7. The molecule has 2 aliphatic rings. The Balaban J connectivity index is 1.19. The van der Waals surface area contributed by atoms with Crippen molar-refractivity contribution >= 4 is 15.9 Å². The molecule has 2 unspecified atom stereocenters. The summed E-state index contributed by atoms with van der Waals surface area (Å²) in [5.74, 6) is 0.211. The van der Waals surface area contributed by atoms with Crippen LogP contribution in [0.2, 0.25) is 0 Å². The van der Waals surface area contributed by atoms with E-state index < -0.39 is 6.36 Å². The molecule has 0 spiro atoms. The Morgan fingerprint density at radius 1 is 0.833 bits per heavy atom. The van der Waals surface area contributed by atoms with Gasteiger partial charge in [0.1, 0.15) is 5.75 Å². The molecule has 0 aliphatic carbocycles. The normalized spacial score (nSPS) is 21.8. The lowest BCUT2D eigenvalue weighted by molar-refractivity contribution is -0.274. The first-order chi connectivity index (χ1) is 17.4. The largest absolute Gasteiger partial charge is 0.573 e.